The summed E-state index contributed by atoms with van der Waals surface area (Å²) >= 11 is 12.1. The fourth-order valence-electron chi connectivity index (χ4n) is 1.89. The van der Waals surface area contributed by atoms with Crippen molar-refractivity contribution < 1.29 is 0 Å². The van der Waals surface area contributed by atoms with Crippen LogP contribution in [0.3, 0.4) is 0 Å². The molecule has 0 aliphatic carbocycles. The van der Waals surface area contributed by atoms with E-state index in [4.69, 9.17) is 23.2 Å². The lowest BCUT2D eigenvalue weighted by Gasteiger charge is -2.17. The van der Waals surface area contributed by atoms with Crippen LogP contribution in [0.15, 0.2) is 24.7 Å². The summed E-state index contributed by atoms with van der Waals surface area (Å²) in [5.74, 6) is 0. The van der Waals surface area contributed by atoms with Gasteiger partial charge in [-0.1, -0.05) is 30.1 Å². The van der Waals surface area contributed by atoms with Crippen LogP contribution in [0.4, 0.5) is 0 Å². The van der Waals surface area contributed by atoms with Gasteiger partial charge in [-0.05, 0) is 19.0 Å². The lowest BCUT2D eigenvalue weighted by atomic mass is 10.1. The van der Waals surface area contributed by atoms with Gasteiger partial charge in [0.2, 0.25) is 0 Å². The van der Waals surface area contributed by atoms with E-state index in [9.17, 15) is 0 Å². The third-order valence-corrected chi connectivity index (χ3v) is 3.28. The maximum atomic E-state index is 6.25. The summed E-state index contributed by atoms with van der Waals surface area (Å²) in [4.78, 5) is 4.35. The first-order valence-electron chi connectivity index (χ1n) is 6.14. The largest absolute Gasteiger partial charge is 0.305 e. The Morgan fingerprint density at radius 1 is 1.37 bits per heavy atom. The number of nitrogens with zero attached hydrogens (tertiary/aromatic N) is 3. The first kappa shape index (κ1) is 14.3. The van der Waals surface area contributed by atoms with E-state index in [2.05, 4.69) is 22.3 Å². The lowest BCUT2D eigenvalue weighted by molar-refractivity contribution is 0.586. The number of rotatable bonds is 5. The van der Waals surface area contributed by atoms with Crippen molar-refractivity contribution in [3.8, 4) is 0 Å². The summed E-state index contributed by atoms with van der Waals surface area (Å²) in [5, 5.41) is 8.73. The molecule has 1 N–H and O–H groups in total. The second-order valence-electron chi connectivity index (χ2n) is 4.36. The third-order valence-electron chi connectivity index (χ3n) is 2.77. The average Bonchev–Trinajstić information content (AvgIpc) is 2.78. The first-order chi connectivity index (χ1) is 9.11. The van der Waals surface area contributed by atoms with E-state index in [1.165, 1.54) is 0 Å². The van der Waals surface area contributed by atoms with E-state index in [1.54, 1.807) is 16.9 Å². The fraction of sp³-hybridized carbons (Fsp3) is 0.385. The Hall–Kier alpha value is -1.10. The van der Waals surface area contributed by atoms with Crippen molar-refractivity contribution in [1.29, 1.82) is 0 Å². The van der Waals surface area contributed by atoms with Crippen molar-refractivity contribution in [2.75, 3.05) is 6.54 Å². The summed E-state index contributed by atoms with van der Waals surface area (Å²) < 4.78 is 1.76. The molecule has 1 atom stereocenters. The standard InChI is InChI=1S/C13H16Cl2N4/c1-3-4-16-12(9-6-18-19(2)8-9)13-11(15)5-10(14)7-17-13/h5-8,12,16H,3-4H2,1-2H3. The van der Waals surface area contributed by atoms with E-state index >= 15 is 0 Å². The molecule has 0 radical (unpaired) electrons. The molecule has 0 aliphatic rings. The minimum absolute atomic E-state index is 0.0709. The smallest absolute Gasteiger partial charge is 0.0806 e. The highest BCUT2D eigenvalue weighted by Crippen LogP contribution is 2.28. The zero-order chi connectivity index (χ0) is 13.8. The molecule has 1 unspecified atom stereocenters. The van der Waals surface area contributed by atoms with Crippen LogP contribution >= 0.6 is 23.2 Å². The van der Waals surface area contributed by atoms with Gasteiger partial charge in [-0.3, -0.25) is 9.67 Å². The van der Waals surface area contributed by atoms with Crippen LogP contribution < -0.4 is 5.32 Å². The quantitative estimate of drug-likeness (QED) is 0.922. The van der Waals surface area contributed by atoms with Gasteiger partial charge in [-0.2, -0.15) is 5.10 Å². The number of aryl methyl sites for hydroxylation is 1. The minimum Gasteiger partial charge on any atom is -0.305 e. The third kappa shape index (κ3) is 3.47. The van der Waals surface area contributed by atoms with E-state index in [-0.39, 0.29) is 6.04 Å². The van der Waals surface area contributed by atoms with Crippen LogP contribution in [0.5, 0.6) is 0 Å². The zero-order valence-corrected chi connectivity index (χ0v) is 12.4. The van der Waals surface area contributed by atoms with Crippen molar-refractivity contribution >= 4 is 23.2 Å². The number of halogens is 2. The van der Waals surface area contributed by atoms with Crippen molar-refractivity contribution in [1.82, 2.24) is 20.1 Å². The fourth-order valence-corrected chi connectivity index (χ4v) is 2.38. The van der Waals surface area contributed by atoms with Crippen molar-refractivity contribution in [2.24, 2.45) is 7.05 Å². The highest BCUT2D eigenvalue weighted by atomic mass is 35.5. The average molecular weight is 299 g/mol. The zero-order valence-electron chi connectivity index (χ0n) is 10.9. The molecule has 0 spiro atoms. The number of aromatic nitrogens is 3. The molecule has 0 saturated carbocycles. The predicted molar refractivity (Wildman–Crippen MR) is 77.6 cm³/mol. The maximum Gasteiger partial charge on any atom is 0.0806 e. The van der Waals surface area contributed by atoms with Gasteiger partial charge < -0.3 is 5.32 Å². The Kier molecular flexibility index (Phi) is 4.80. The molecule has 102 valence electrons. The van der Waals surface area contributed by atoms with Gasteiger partial charge >= 0.3 is 0 Å². The van der Waals surface area contributed by atoms with E-state index in [0.29, 0.717) is 10.0 Å². The molecule has 6 heteroatoms. The normalized spacial score (nSPS) is 12.6. The molecule has 0 fully saturated rings. The van der Waals surface area contributed by atoms with Crippen LogP contribution in [0.25, 0.3) is 0 Å². The van der Waals surface area contributed by atoms with E-state index < -0.39 is 0 Å². The van der Waals surface area contributed by atoms with Gasteiger partial charge in [-0.25, -0.2) is 0 Å². The van der Waals surface area contributed by atoms with Crippen LogP contribution in [0.1, 0.15) is 30.6 Å². The summed E-state index contributed by atoms with van der Waals surface area (Å²) in [6, 6.07) is 1.64. The van der Waals surface area contributed by atoms with Crippen molar-refractivity contribution in [2.45, 2.75) is 19.4 Å². The van der Waals surface area contributed by atoms with Gasteiger partial charge in [0.15, 0.2) is 0 Å². The van der Waals surface area contributed by atoms with Crippen LogP contribution in [-0.2, 0) is 7.05 Å². The van der Waals surface area contributed by atoms with Crippen molar-refractivity contribution in [3.63, 3.8) is 0 Å². The number of pyridine rings is 1. The molecule has 2 heterocycles. The lowest BCUT2D eigenvalue weighted by Crippen LogP contribution is -2.24. The van der Waals surface area contributed by atoms with Crippen LogP contribution in [0.2, 0.25) is 10.0 Å². The molecule has 2 aromatic rings. The summed E-state index contributed by atoms with van der Waals surface area (Å²) in [5.41, 5.74) is 1.81. The molecule has 4 nitrogen and oxygen atoms in total. The molecular formula is C13H16Cl2N4. The Morgan fingerprint density at radius 2 is 2.16 bits per heavy atom. The Bertz CT molecular complexity index is 553. The summed E-state index contributed by atoms with van der Waals surface area (Å²) in [7, 11) is 1.89. The predicted octanol–water partition coefficient (Wildman–Crippen LogP) is 3.21. The molecule has 0 aliphatic heterocycles. The van der Waals surface area contributed by atoms with Gasteiger partial charge in [-0.15, -0.1) is 0 Å². The van der Waals surface area contributed by atoms with Crippen LogP contribution in [-0.4, -0.2) is 21.3 Å². The van der Waals surface area contributed by atoms with Gasteiger partial charge in [0.05, 0.1) is 28.0 Å². The monoisotopic (exact) mass is 298 g/mol. The molecule has 2 rings (SSSR count). The molecule has 2 aromatic heterocycles. The van der Waals surface area contributed by atoms with Gasteiger partial charge in [0.25, 0.3) is 0 Å². The topological polar surface area (TPSA) is 42.7 Å². The number of hydrogen-bond acceptors (Lipinski definition) is 3. The van der Waals surface area contributed by atoms with E-state index in [0.717, 1.165) is 24.2 Å². The summed E-state index contributed by atoms with van der Waals surface area (Å²) in [6.07, 6.45) is 6.42. The number of hydrogen-bond donors (Lipinski definition) is 1. The van der Waals surface area contributed by atoms with Crippen LogP contribution in [0, 0.1) is 0 Å². The van der Waals surface area contributed by atoms with Gasteiger partial charge in [0.1, 0.15) is 0 Å². The van der Waals surface area contributed by atoms with E-state index in [1.807, 2.05) is 19.4 Å². The first-order valence-corrected chi connectivity index (χ1v) is 6.90. The minimum atomic E-state index is -0.0709. The molecule has 0 saturated heterocycles. The van der Waals surface area contributed by atoms with Gasteiger partial charge in [0, 0.05) is 25.0 Å². The Labute approximate surface area is 122 Å². The summed E-state index contributed by atoms with van der Waals surface area (Å²) in [6.45, 7) is 2.99. The highest BCUT2D eigenvalue weighted by molar-refractivity contribution is 6.34. The van der Waals surface area contributed by atoms with Crippen molar-refractivity contribution in [3.05, 3.63) is 46.0 Å². The second-order valence-corrected chi connectivity index (χ2v) is 5.20. The Morgan fingerprint density at radius 3 is 2.74 bits per heavy atom. The highest BCUT2D eigenvalue weighted by Gasteiger charge is 2.19. The maximum absolute atomic E-state index is 6.25. The Balaban J connectivity index is 2.36. The molecule has 19 heavy (non-hydrogen) atoms. The molecule has 0 bridgehead atoms. The second kappa shape index (κ2) is 6.37. The molecular weight excluding hydrogens is 283 g/mol. The molecule has 0 amide bonds. The molecule has 0 aromatic carbocycles. The SMILES string of the molecule is CCCNC(c1cnn(C)c1)c1ncc(Cl)cc1Cl. The number of nitrogens with one attached hydrogen (secondary N) is 1.